The Balaban J connectivity index is 1.90. The van der Waals surface area contributed by atoms with Crippen molar-refractivity contribution in [1.82, 2.24) is 0 Å². The molecule has 0 saturated heterocycles. The van der Waals surface area contributed by atoms with E-state index in [1.165, 1.54) is 0 Å². The Morgan fingerprint density at radius 1 is 1.08 bits per heavy atom. The molecule has 3 aromatic rings. The molecule has 0 spiro atoms. The molecule has 0 fully saturated rings. The monoisotopic (exact) mass is 404 g/mol. The second kappa shape index (κ2) is 6.45. The van der Waals surface area contributed by atoms with Gasteiger partial charge in [-0.1, -0.05) is 54.4 Å². The number of halogens is 3. The predicted octanol–water partition coefficient (Wildman–Crippen LogP) is 6.74. The maximum absolute atomic E-state index is 13.0. The summed E-state index contributed by atoms with van der Waals surface area (Å²) in [6.45, 7) is 6.25. The first-order valence-corrected chi connectivity index (χ1v) is 9.39. The summed E-state index contributed by atoms with van der Waals surface area (Å²) in [5.41, 5.74) is 2.75. The van der Waals surface area contributed by atoms with Gasteiger partial charge in [-0.05, 0) is 53.3 Å². The lowest BCUT2D eigenvalue weighted by Crippen LogP contribution is -2.26. The minimum atomic E-state index is -0.0822. The largest absolute Gasteiger partial charge is 0.460 e. The van der Waals surface area contributed by atoms with Crippen LogP contribution in [0.5, 0.6) is 0 Å². The highest BCUT2D eigenvalue weighted by molar-refractivity contribution is 6.35. The first-order valence-electron chi connectivity index (χ1n) is 8.26. The number of hydrogen-bond acceptors (Lipinski definition) is 2. The zero-order valence-electron chi connectivity index (χ0n) is 14.0. The normalized spacial score (nSPS) is 19.6. The molecule has 2 aromatic carbocycles. The summed E-state index contributed by atoms with van der Waals surface area (Å²) in [7, 11) is 0. The van der Waals surface area contributed by atoms with Crippen molar-refractivity contribution < 1.29 is 4.42 Å². The predicted molar refractivity (Wildman–Crippen MR) is 109 cm³/mol. The third kappa shape index (κ3) is 2.77. The van der Waals surface area contributed by atoms with Gasteiger partial charge in [-0.2, -0.15) is 0 Å². The molecular weight excluding hydrogens is 391 g/mol. The van der Waals surface area contributed by atoms with Crippen molar-refractivity contribution in [2.45, 2.75) is 19.3 Å². The second-order valence-electron chi connectivity index (χ2n) is 6.66. The van der Waals surface area contributed by atoms with Gasteiger partial charge in [0.2, 0.25) is 0 Å². The van der Waals surface area contributed by atoms with Crippen molar-refractivity contribution in [2.24, 2.45) is 5.92 Å². The molecule has 0 aliphatic heterocycles. The fourth-order valence-electron chi connectivity index (χ4n) is 3.71. The number of hydrogen-bond donors (Lipinski definition) is 0. The minimum Gasteiger partial charge on any atom is -0.460 e. The molecule has 1 heterocycles. The van der Waals surface area contributed by atoms with Crippen LogP contribution in [0.4, 0.5) is 0 Å². The van der Waals surface area contributed by atoms with Gasteiger partial charge in [0.1, 0.15) is 11.3 Å². The fourth-order valence-corrected chi connectivity index (χ4v) is 4.43. The standard InChI is InChI=1S/C21H15Cl3O2/c1-10-11(2)20-19(9-15(10)14-5-3-13(23)8-17(14)24)26-18-6-4-12(22)7-16(18)21(20)25/h3-8,10,15H,2,9H2,1H3/t10-,15-/m0/s1. The highest BCUT2D eigenvalue weighted by Gasteiger charge is 2.34. The molecule has 0 N–H and O–H groups in total. The van der Waals surface area contributed by atoms with Crippen molar-refractivity contribution >= 4 is 51.3 Å². The van der Waals surface area contributed by atoms with E-state index in [-0.39, 0.29) is 17.3 Å². The van der Waals surface area contributed by atoms with E-state index in [0.29, 0.717) is 43.8 Å². The molecule has 132 valence electrons. The van der Waals surface area contributed by atoms with E-state index in [2.05, 4.69) is 13.5 Å². The number of allylic oxidation sites excluding steroid dienone is 1. The zero-order chi connectivity index (χ0) is 18.6. The van der Waals surface area contributed by atoms with Crippen molar-refractivity contribution in [2.75, 3.05) is 0 Å². The van der Waals surface area contributed by atoms with Crippen LogP contribution in [0.2, 0.25) is 15.1 Å². The fraction of sp³-hybridized carbons (Fsp3) is 0.190. The third-order valence-electron chi connectivity index (χ3n) is 5.17. The van der Waals surface area contributed by atoms with Crippen molar-refractivity contribution in [3.8, 4) is 0 Å². The van der Waals surface area contributed by atoms with Crippen molar-refractivity contribution in [1.29, 1.82) is 0 Å². The third-order valence-corrected chi connectivity index (χ3v) is 5.96. The quantitative estimate of drug-likeness (QED) is 0.448. The topological polar surface area (TPSA) is 30.2 Å². The van der Waals surface area contributed by atoms with Gasteiger partial charge in [0, 0.05) is 21.5 Å². The number of rotatable bonds is 1. The summed E-state index contributed by atoms with van der Waals surface area (Å²) in [5.74, 6) is 0.748. The molecule has 1 aliphatic carbocycles. The molecule has 0 radical (unpaired) electrons. The van der Waals surface area contributed by atoms with Gasteiger partial charge in [0.15, 0.2) is 5.43 Å². The van der Waals surface area contributed by atoms with E-state index in [1.54, 1.807) is 24.3 Å². The molecule has 1 aliphatic rings. The Bertz CT molecular complexity index is 1110. The van der Waals surface area contributed by atoms with E-state index >= 15 is 0 Å². The summed E-state index contributed by atoms with van der Waals surface area (Å²) < 4.78 is 6.07. The van der Waals surface area contributed by atoms with Crippen LogP contribution in [0.25, 0.3) is 16.5 Å². The van der Waals surface area contributed by atoms with Crippen LogP contribution < -0.4 is 5.43 Å². The average molecular weight is 406 g/mol. The Morgan fingerprint density at radius 3 is 2.50 bits per heavy atom. The molecule has 1 aromatic heterocycles. The van der Waals surface area contributed by atoms with Gasteiger partial charge >= 0.3 is 0 Å². The minimum absolute atomic E-state index is 0.0423. The van der Waals surface area contributed by atoms with Gasteiger partial charge in [0.05, 0.1) is 10.9 Å². The van der Waals surface area contributed by atoms with Crippen molar-refractivity contribution in [3.63, 3.8) is 0 Å². The van der Waals surface area contributed by atoms with Gasteiger partial charge in [-0.3, -0.25) is 4.79 Å². The Hall–Kier alpha value is -1.74. The molecule has 0 bridgehead atoms. The maximum Gasteiger partial charge on any atom is 0.200 e. The first kappa shape index (κ1) is 17.7. The molecule has 2 atom stereocenters. The molecule has 4 rings (SSSR count). The Morgan fingerprint density at radius 2 is 1.77 bits per heavy atom. The van der Waals surface area contributed by atoms with Gasteiger partial charge in [0.25, 0.3) is 0 Å². The summed E-state index contributed by atoms with van der Waals surface area (Å²) in [6, 6.07) is 10.6. The smallest absolute Gasteiger partial charge is 0.200 e. The highest BCUT2D eigenvalue weighted by Crippen LogP contribution is 2.44. The van der Waals surface area contributed by atoms with Crippen LogP contribution >= 0.6 is 34.8 Å². The average Bonchev–Trinajstić information content (AvgIpc) is 2.59. The maximum atomic E-state index is 13.0. The molecule has 0 unspecified atom stereocenters. The second-order valence-corrected chi connectivity index (χ2v) is 7.94. The van der Waals surface area contributed by atoms with E-state index < -0.39 is 0 Å². The van der Waals surface area contributed by atoms with E-state index in [1.807, 2.05) is 12.1 Å². The van der Waals surface area contributed by atoms with E-state index in [9.17, 15) is 4.79 Å². The highest BCUT2D eigenvalue weighted by atomic mass is 35.5. The summed E-state index contributed by atoms with van der Waals surface area (Å²) in [4.78, 5) is 13.0. The van der Waals surface area contributed by atoms with Gasteiger partial charge in [-0.15, -0.1) is 0 Å². The van der Waals surface area contributed by atoms with Crippen LogP contribution in [0.3, 0.4) is 0 Å². The molecular formula is C21H15Cl3O2. The lowest BCUT2D eigenvalue weighted by molar-refractivity contribution is 0.448. The number of benzene rings is 2. The molecule has 2 nitrogen and oxygen atoms in total. The lowest BCUT2D eigenvalue weighted by atomic mass is 9.73. The first-order chi connectivity index (χ1) is 12.4. The lowest BCUT2D eigenvalue weighted by Gasteiger charge is -2.32. The van der Waals surface area contributed by atoms with E-state index in [4.69, 9.17) is 39.2 Å². The summed E-state index contributed by atoms with van der Waals surface area (Å²) in [6.07, 6.45) is 0.574. The van der Waals surface area contributed by atoms with Crippen LogP contribution in [-0.4, -0.2) is 0 Å². The van der Waals surface area contributed by atoms with Crippen LogP contribution in [-0.2, 0) is 6.42 Å². The van der Waals surface area contributed by atoms with Crippen LogP contribution in [0, 0.1) is 5.92 Å². The van der Waals surface area contributed by atoms with Crippen molar-refractivity contribution in [3.05, 3.63) is 85.2 Å². The Kier molecular flexibility index (Phi) is 4.38. The SMILES string of the molecule is C=C1c2c(oc3ccc(Cl)cc3c2=O)C[C@H](c2ccc(Cl)cc2Cl)[C@H]1C. The summed E-state index contributed by atoms with van der Waals surface area (Å²) in [5, 5.41) is 2.19. The molecule has 26 heavy (non-hydrogen) atoms. The van der Waals surface area contributed by atoms with Gasteiger partial charge in [-0.25, -0.2) is 0 Å². The molecule has 5 heteroatoms. The Labute approximate surface area is 166 Å². The van der Waals surface area contributed by atoms with E-state index in [0.717, 1.165) is 11.1 Å². The zero-order valence-corrected chi connectivity index (χ0v) is 16.3. The number of fused-ring (bicyclic) bond motifs is 2. The van der Waals surface area contributed by atoms with Gasteiger partial charge < -0.3 is 4.42 Å². The summed E-state index contributed by atoms with van der Waals surface area (Å²) >= 11 is 18.5. The van der Waals surface area contributed by atoms with Crippen LogP contribution in [0.1, 0.15) is 29.7 Å². The molecule has 0 amide bonds. The van der Waals surface area contributed by atoms with Crippen LogP contribution in [0.15, 0.2) is 52.2 Å². The molecule has 0 saturated carbocycles.